The summed E-state index contributed by atoms with van der Waals surface area (Å²) in [5.41, 5.74) is 2.40. The van der Waals surface area contributed by atoms with Gasteiger partial charge in [0.05, 0.1) is 12.0 Å². The van der Waals surface area contributed by atoms with E-state index in [-0.39, 0.29) is 18.0 Å². The number of benzene rings is 1. The molecule has 1 aromatic heterocycles. The lowest BCUT2D eigenvalue weighted by molar-refractivity contribution is -0.121. The number of halogens is 1. The molecule has 6 heteroatoms. The maximum atomic E-state index is 12.4. The van der Waals surface area contributed by atoms with Crippen molar-refractivity contribution in [2.45, 2.75) is 38.8 Å². The van der Waals surface area contributed by atoms with Crippen molar-refractivity contribution < 1.29 is 4.79 Å². The van der Waals surface area contributed by atoms with Crippen LogP contribution in [0.25, 0.3) is 0 Å². The third-order valence-corrected chi connectivity index (χ3v) is 4.43. The molecule has 1 aliphatic rings. The zero-order valence-corrected chi connectivity index (χ0v) is 13.5. The fourth-order valence-electron chi connectivity index (χ4n) is 2.79. The molecule has 5 nitrogen and oxygen atoms in total. The molecule has 120 valence electrons. The Hall–Kier alpha value is -2.14. The fraction of sp³-hybridized carbons (Fsp3) is 0.353. The van der Waals surface area contributed by atoms with Crippen molar-refractivity contribution in [1.29, 1.82) is 0 Å². The van der Waals surface area contributed by atoms with Gasteiger partial charge in [0.1, 0.15) is 6.54 Å². The van der Waals surface area contributed by atoms with E-state index in [0.29, 0.717) is 11.6 Å². The van der Waals surface area contributed by atoms with Gasteiger partial charge in [-0.2, -0.15) is 0 Å². The minimum atomic E-state index is -0.232. The molecule has 0 fully saturated rings. The zero-order chi connectivity index (χ0) is 16.2. The highest BCUT2D eigenvalue weighted by molar-refractivity contribution is 6.31. The Morgan fingerprint density at radius 2 is 2.04 bits per heavy atom. The van der Waals surface area contributed by atoms with Crippen molar-refractivity contribution >= 4 is 17.5 Å². The molecule has 0 aliphatic heterocycles. The summed E-state index contributed by atoms with van der Waals surface area (Å²) in [5.74, 6) is -0.232. The maximum Gasteiger partial charge on any atom is 0.257 e. The predicted molar refractivity (Wildman–Crippen MR) is 88.4 cm³/mol. The van der Waals surface area contributed by atoms with Crippen LogP contribution in [0, 0.1) is 0 Å². The van der Waals surface area contributed by atoms with Crippen LogP contribution < -0.4 is 10.9 Å². The molecule has 0 saturated heterocycles. The van der Waals surface area contributed by atoms with Gasteiger partial charge in [0.2, 0.25) is 5.91 Å². The molecule has 0 unspecified atom stereocenters. The summed E-state index contributed by atoms with van der Waals surface area (Å²) in [7, 11) is 0. The molecular formula is C17H18ClN3O2. The summed E-state index contributed by atoms with van der Waals surface area (Å²) in [6.45, 7) is 0.315. The van der Waals surface area contributed by atoms with Crippen LogP contribution in [0.5, 0.6) is 0 Å². The van der Waals surface area contributed by atoms with Gasteiger partial charge < -0.3 is 5.32 Å². The summed E-state index contributed by atoms with van der Waals surface area (Å²) < 4.78 is 1.38. The second-order valence-electron chi connectivity index (χ2n) is 5.68. The zero-order valence-electron chi connectivity index (χ0n) is 12.7. The molecule has 0 radical (unpaired) electrons. The third kappa shape index (κ3) is 3.62. The molecule has 1 N–H and O–H groups in total. The van der Waals surface area contributed by atoms with Crippen LogP contribution in [0.15, 0.2) is 35.4 Å². The molecule has 1 amide bonds. The Balaban J connectivity index is 1.66. The first-order chi connectivity index (χ1) is 11.1. The first kappa shape index (κ1) is 15.7. The van der Waals surface area contributed by atoms with Gasteiger partial charge in [-0.3, -0.25) is 14.2 Å². The number of aryl methyl sites for hydroxylation is 1. The average Bonchev–Trinajstić information content (AvgIpc) is 2.57. The summed E-state index contributed by atoms with van der Waals surface area (Å²) in [4.78, 5) is 28.8. The van der Waals surface area contributed by atoms with Gasteiger partial charge >= 0.3 is 0 Å². The van der Waals surface area contributed by atoms with Gasteiger partial charge in [0, 0.05) is 17.1 Å². The van der Waals surface area contributed by atoms with Crippen molar-refractivity contribution in [2.24, 2.45) is 0 Å². The molecule has 0 bridgehead atoms. The second kappa shape index (κ2) is 6.96. The summed E-state index contributed by atoms with van der Waals surface area (Å²) in [6.07, 6.45) is 5.16. The number of aromatic nitrogens is 2. The number of amides is 1. The molecule has 0 atom stereocenters. The smallest absolute Gasteiger partial charge is 0.257 e. The van der Waals surface area contributed by atoms with Gasteiger partial charge in [-0.1, -0.05) is 29.8 Å². The lowest BCUT2D eigenvalue weighted by atomic mass is 9.97. The molecule has 1 heterocycles. The van der Waals surface area contributed by atoms with E-state index in [1.165, 1.54) is 10.9 Å². The van der Waals surface area contributed by atoms with Crippen molar-refractivity contribution in [3.05, 3.63) is 62.8 Å². The van der Waals surface area contributed by atoms with Gasteiger partial charge in [-0.15, -0.1) is 0 Å². The molecule has 2 aromatic rings. The Labute approximate surface area is 139 Å². The number of rotatable bonds is 4. The number of carbonyl (C=O) groups is 1. The first-order valence-electron chi connectivity index (χ1n) is 7.72. The van der Waals surface area contributed by atoms with Crippen LogP contribution in [-0.4, -0.2) is 15.5 Å². The first-order valence-corrected chi connectivity index (χ1v) is 8.10. The normalized spacial score (nSPS) is 13.4. The number of hydrogen-bond acceptors (Lipinski definition) is 3. The Kier molecular flexibility index (Phi) is 4.76. The minimum Gasteiger partial charge on any atom is -0.350 e. The predicted octanol–water partition coefficient (Wildman–Crippen LogP) is 2.09. The van der Waals surface area contributed by atoms with E-state index in [4.69, 9.17) is 11.6 Å². The van der Waals surface area contributed by atoms with E-state index < -0.39 is 0 Å². The van der Waals surface area contributed by atoms with E-state index in [0.717, 1.165) is 42.5 Å². The summed E-state index contributed by atoms with van der Waals surface area (Å²) >= 11 is 6.06. The van der Waals surface area contributed by atoms with Crippen LogP contribution in [0.1, 0.15) is 29.7 Å². The van der Waals surface area contributed by atoms with Gasteiger partial charge in [0.15, 0.2) is 0 Å². The quantitative estimate of drug-likeness (QED) is 0.933. The van der Waals surface area contributed by atoms with E-state index in [1.54, 1.807) is 6.07 Å². The number of hydrogen-bond donors (Lipinski definition) is 1. The Bertz CT molecular complexity index is 786. The Morgan fingerprint density at radius 1 is 1.26 bits per heavy atom. The molecule has 0 spiro atoms. The van der Waals surface area contributed by atoms with Crippen LogP contribution >= 0.6 is 11.6 Å². The van der Waals surface area contributed by atoms with E-state index in [1.807, 2.05) is 18.2 Å². The van der Waals surface area contributed by atoms with Crippen LogP contribution in [0.4, 0.5) is 0 Å². The lowest BCUT2D eigenvalue weighted by Gasteiger charge is -2.15. The Morgan fingerprint density at radius 3 is 2.87 bits per heavy atom. The van der Waals surface area contributed by atoms with Gasteiger partial charge in [-0.05, 0) is 37.3 Å². The number of carbonyl (C=O) groups excluding carboxylic acids is 1. The third-order valence-electron chi connectivity index (χ3n) is 4.06. The van der Waals surface area contributed by atoms with Gasteiger partial charge in [-0.25, -0.2) is 4.98 Å². The van der Waals surface area contributed by atoms with Crippen molar-refractivity contribution in [3.8, 4) is 0 Å². The highest BCUT2D eigenvalue weighted by atomic mass is 35.5. The monoisotopic (exact) mass is 331 g/mol. The molecule has 3 rings (SSSR count). The standard InChI is InChI=1S/C17H18ClN3O2/c18-14-7-3-1-5-12(14)9-19-16(22)10-21-11-20-15-8-4-2-6-13(15)17(21)23/h1,3,5,7,11H,2,4,6,8-10H2,(H,19,22). The number of nitrogens with one attached hydrogen (secondary N) is 1. The average molecular weight is 332 g/mol. The van der Waals surface area contributed by atoms with Crippen molar-refractivity contribution in [3.63, 3.8) is 0 Å². The SMILES string of the molecule is O=C(Cn1cnc2c(c1=O)CCCC2)NCc1ccccc1Cl. The summed E-state index contributed by atoms with van der Waals surface area (Å²) in [5, 5.41) is 3.40. The van der Waals surface area contributed by atoms with Crippen molar-refractivity contribution in [2.75, 3.05) is 0 Å². The minimum absolute atomic E-state index is 0.0242. The molecular weight excluding hydrogens is 314 g/mol. The number of nitrogens with zero attached hydrogens (tertiary/aromatic N) is 2. The van der Waals surface area contributed by atoms with Crippen LogP contribution in [0.3, 0.4) is 0 Å². The maximum absolute atomic E-state index is 12.4. The van der Waals surface area contributed by atoms with E-state index >= 15 is 0 Å². The highest BCUT2D eigenvalue weighted by Gasteiger charge is 2.16. The molecule has 0 saturated carbocycles. The second-order valence-corrected chi connectivity index (χ2v) is 6.09. The van der Waals surface area contributed by atoms with E-state index in [9.17, 15) is 9.59 Å². The van der Waals surface area contributed by atoms with Crippen LogP contribution in [-0.2, 0) is 30.7 Å². The fourth-order valence-corrected chi connectivity index (χ4v) is 2.99. The molecule has 1 aliphatic carbocycles. The summed E-state index contributed by atoms with van der Waals surface area (Å²) in [6, 6.07) is 7.34. The topological polar surface area (TPSA) is 64.0 Å². The van der Waals surface area contributed by atoms with Gasteiger partial charge in [0.25, 0.3) is 5.56 Å². The lowest BCUT2D eigenvalue weighted by Crippen LogP contribution is -2.34. The molecule has 23 heavy (non-hydrogen) atoms. The number of fused-ring (bicyclic) bond motifs is 1. The highest BCUT2D eigenvalue weighted by Crippen LogP contribution is 2.15. The van der Waals surface area contributed by atoms with E-state index in [2.05, 4.69) is 10.3 Å². The van der Waals surface area contributed by atoms with Crippen molar-refractivity contribution in [1.82, 2.24) is 14.9 Å². The largest absolute Gasteiger partial charge is 0.350 e. The van der Waals surface area contributed by atoms with Crippen LogP contribution in [0.2, 0.25) is 5.02 Å². The molecule has 1 aromatic carbocycles.